The summed E-state index contributed by atoms with van der Waals surface area (Å²) in [7, 11) is 0. The van der Waals surface area contributed by atoms with Crippen molar-refractivity contribution in [2.24, 2.45) is 0 Å². The Labute approximate surface area is 333 Å². The molecule has 11 rings (SSSR count). The minimum absolute atomic E-state index is 0.567. The summed E-state index contributed by atoms with van der Waals surface area (Å²) < 4.78 is 6.65. The molecule has 0 saturated carbocycles. The minimum atomic E-state index is -0.567. The quantitative estimate of drug-likeness (QED) is 0.169. The monoisotopic (exact) mass is 727 g/mol. The van der Waals surface area contributed by atoms with Crippen LogP contribution in [-0.4, -0.2) is 0 Å². The Kier molecular flexibility index (Phi) is 7.75. The van der Waals surface area contributed by atoms with Crippen molar-refractivity contribution in [2.75, 3.05) is 4.90 Å². The van der Waals surface area contributed by atoms with Crippen molar-refractivity contribution in [3.05, 3.63) is 247 Å². The van der Waals surface area contributed by atoms with Crippen LogP contribution in [0.4, 0.5) is 17.1 Å². The molecule has 1 aliphatic heterocycles. The predicted octanol–water partition coefficient (Wildman–Crippen LogP) is 14.6. The lowest BCUT2D eigenvalue weighted by molar-refractivity contribution is 0.436. The standard InChI is InChI=1S/C55H37NO/c1-4-17-38(18-5-1)39-31-33-42(34-32-39)56(43-35-36-44(40-19-6-2-7-20-40)46(37-43)41-21-8-3-9-22-41)51-28-16-27-50-54(51)45-23-10-11-24-47(45)55(50)48-25-12-14-29-52(48)57-53-30-15-13-26-49(53)55/h1-37H. The van der Waals surface area contributed by atoms with E-state index in [0.29, 0.717) is 0 Å². The molecule has 0 fully saturated rings. The maximum atomic E-state index is 6.65. The van der Waals surface area contributed by atoms with E-state index in [0.717, 1.165) is 39.7 Å². The number of benzene rings is 9. The molecule has 9 aromatic carbocycles. The van der Waals surface area contributed by atoms with Gasteiger partial charge in [0.1, 0.15) is 11.5 Å². The van der Waals surface area contributed by atoms with Crippen molar-refractivity contribution < 1.29 is 4.74 Å². The third-order valence-corrected chi connectivity index (χ3v) is 11.8. The van der Waals surface area contributed by atoms with E-state index in [9.17, 15) is 0 Å². The molecule has 1 aliphatic carbocycles. The highest BCUT2D eigenvalue weighted by Gasteiger charge is 2.51. The number of anilines is 3. The molecule has 0 amide bonds. The number of hydrogen-bond donors (Lipinski definition) is 0. The van der Waals surface area contributed by atoms with Crippen molar-refractivity contribution in [1.82, 2.24) is 0 Å². The van der Waals surface area contributed by atoms with Gasteiger partial charge in [-0.05, 0) is 92.5 Å². The molecule has 0 bridgehead atoms. The van der Waals surface area contributed by atoms with Crippen LogP contribution in [0.3, 0.4) is 0 Å². The van der Waals surface area contributed by atoms with E-state index in [4.69, 9.17) is 4.74 Å². The first-order valence-corrected chi connectivity index (χ1v) is 19.6. The van der Waals surface area contributed by atoms with E-state index in [-0.39, 0.29) is 0 Å². The molecular weight excluding hydrogens is 691 g/mol. The normalized spacial score (nSPS) is 12.8. The van der Waals surface area contributed by atoms with Gasteiger partial charge >= 0.3 is 0 Å². The molecular formula is C55H37NO. The first kappa shape index (κ1) is 33.0. The van der Waals surface area contributed by atoms with E-state index in [1.807, 2.05) is 0 Å². The summed E-state index contributed by atoms with van der Waals surface area (Å²) in [5.41, 5.74) is 17.1. The smallest absolute Gasteiger partial charge is 0.132 e. The maximum absolute atomic E-state index is 6.65. The molecule has 1 heterocycles. The van der Waals surface area contributed by atoms with Crippen LogP contribution < -0.4 is 9.64 Å². The summed E-state index contributed by atoms with van der Waals surface area (Å²) in [5.74, 6) is 1.78. The lowest BCUT2D eigenvalue weighted by Gasteiger charge is -2.39. The molecule has 2 nitrogen and oxygen atoms in total. The van der Waals surface area contributed by atoms with E-state index < -0.39 is 5.41 Å². The Morgan fingerprint density at radius 3 is 1.46 bits per heavy atom. The van der Waals surface area contributed by atoms with Gasteiger partial charge in [-0.2, -0.15) is 0 Å². The Bertz CT molecular complexity index is 2870. The van der Waals surface area contributed by atoms with E-state index >= 15 is 0 Å². The molecule has 2 heteroatoms. The van der Waals surface area contributed by atoms with Crippen LogP contribution >= 0.6 is 0 Å². The zero-order chi connectivity index (χ0) is 37.8. The fourth-order valence-corrected chi connectivity index (χ4v) is 9.33. The highest BCUT2D eigenvalue weighted by molar-refractivity contribution is 5.99. The largest absolute Gasteiger partial charge is 0.457 e. The molecule has 0 saturated heterocycles. The lowest BCUT2D eigenvalue weighted by atomic mass is 9.66. The molecule has 57 heavy (non-hydrogen) atoms. The molecule has 2 aliphatic rings. The lowest BCUT2D eigenvalue weighted by Crippen LogP contribution is -2.32. The van der Waals surface area contributed by atoms with Crippen LogP contribution in [0.5, 0.6) is 11.5 Å². The van der Waals surface area contributed by atoms with Gasteiger partial charge in [-0.25, -0.2) is 0 Å². The molecule has 1 spiro atoms. The minimum Gasteiger partial charge on any atom is -0.457 e. The second-order valence-electron chi connectivity index (χ2n) is 14.8. The van der Waals surface area contributed by atoms with Crippen LogP contribution in [0.1, 0.15) is 22.3 Å². The van der Waals surface area contributed by atoms with Crippen LogP contribution in [-0.2, 0) is 5.41 Å². The summed E-state index contributed by atoms with van der Waals surface area (Å²) >= 11 is 0. The van der Waals surface area contributed by atoms with Gasteiger partial charge in [0.2, 0.25) is 0 Å². The number of nitrogens with zero attached hydrogens (tertiary/aromatic N) is 1. The van der Waals surface area contributed by atoms with Crippen LogP contribution in [0.25, 0.3) is 44.5 Å². The highest BCUT2D eigenvalue weighted by Crippen LogP contribution is 2.64. The van der Waals surface area contributed by atoms with Gasteiger partial charge in [-0.15, -0.1) is 0 Å². The summed E-state index contributed by atoms with van der Waals surface area (Å²) in [4.78, 5) is 2.46. The second-order valence-corrected chi connectivity index (χ2v) is 14.8. The highest BCUT2D eigenvalue weighted by atomic mass is 16.5. The fraction of sp³-hybridized carbons (Fsp3) is 0.0182. The van der Waals surface area contributed by atoms with Gasteiger partial charge < -0.3 is 9.64 Å². The maximum Gasteiger partial charge on any atom is 0.132 e. The average Bonchev–Trinajstić information content (AvgIpc) is 3.59. The van der Waals surface area contributed by atoms with Crippen LogP contribution in [0.15, 0.2) is 224 Å². The number of hydrogen-bond acceptors (Lipinski definition) is 2. The van der Waals surface area contributed by atoms with E-state index in [1.165, 1.54) is 55.6 Å². The number of para-hydroxylation sites is 2. The van der Waals surface area contributed by atoms with E-state index in [1.54, 1.807) is 0 Å². The number of rotatable bonds is 6. The number of ether oxygens (including phenoxy) is 1. The number of fused-ring (bicyclic) bond motifs is 9. The van der Waals surface area contributed by atoms with Crippen molar-refractivity contribution in [2.45, 2.75) is 5.41 Å². The summed E-state index contributed by atoms with van der Waals surface area (Å²) in [6.45, 7) is 0. The molecule has 9 aromatic rings. The van der Waals surface area contributed by atoms with Crippen molar-refractivity contribution in [3.63, 3.8) is 0 Å². The topological polar surface area (TPSA) is 12.5 Å². The summed E-state index contributed by atoms with van der Waals surface area (Å²) in [6.07, 6.45) is 0. The molecule has 0 radical (unpaired) electrons. The Morgan fingerprint density at radius 1 is 0.316 bits per heavy atom. The zero-order valence-corrected chi connectivity index (χ0v) is 31.2. The van der Waals surface area contributed by atoms with Crippen molar-refractivity contribution in [1.29, 1.82) is 0 Å². The fourth-order valence-electron chi connectivity index (χ4n) is 9.33. The van der Waals surface area contributed by atoms with Crippen molar-refractivity contribution in [3.8, 4) is 56.0 Å². The van der Waals surface area contributed by atoms with Gasteiger partial charge in [0.25, 0.3) is 0 Å². The van der Waals surface area contributed by atoms with E-state index in [2.05, 4.69) is 229 Å². The third kappa shape index (κ3) is 5.18. The van der Waals surface area contributed by atoms with Crippen molar-refractivity contribution >= 4 is 17.1 Å². The molecule has 0 aromatic heterocycles. The average molecular weight is 728 g/mol. The van der Waals surface area contributed by atoms with Gasteiger partial charge in [0, 0.05) is 28.1 Å². The third-order valence-electron chi connectivity index (χ3n) is 11.8. The van der Waals surface area contributed by atoms with Gasteiger partial charge in [-0.3, -0.25) is 0 Å². The second kappa shape index (κ2) is 13.4. The Hall–Kier alpha value is -7.42. The van der Waals surface area contributed by atoms with Gasteiger partial charge in [0.15, 0.2) is 0 Å². The summed E-state index contributed by atoms with van der Waals surface area (Å²) in [6, 6.07) is 81.1. The predicted molar refractivity (Wildman–Crippen MR) is 235 cm³/mol. The van der Waals surface area contributed by atoms with Gasteiger partial charge in [0.05, 0.1) is 11.1 Å². The Balaban J connectivity index is 1.20. The SMILES string of the molecule is c1ccc(-c2ccc(N(c3ccc(-c4ccccc4)c(-c4ccccc4)c3)c3cccc4c3-c3ccccc3C43c4ccccc4Oc4ccccc43)cc2)cc1. The van der Waals surface area contributed by atoms with Crippen LogP contribution in [0.2, 0.25) is 0 Å². The molecule has 268 valence electrons. The Morgan fingerprint density at radius 2 is 0.807 bits per heavy atom. The molecule has 0 unspecified atom stereocenters. The summed E-state index contributed by atoms with van der Waals surface area (Å²) in [5, 5.41) is 0. The first-order valence-electron chi connectivity index (χ1n) is 19.6. The molecule has 0 atom stereocenters. The van der Waals surface area contributed by atoms with Gasteiger partial charge in [-0.1, -0.05) is 182 Å². The molecule has 0 N–H and O–H groups in total. The zero-order valence-electron chi connectivity index (χ0n) is 31.2. The first-order chi connectivity index (χ1) is 28.3. The van der Waals surface area contributed by atoms with Crippen LogP contribution in [0, 0.1) is 0 Å².